The second kappa shape index (κ2) is 6.80. The second-order valence-electron chi connectivity index (χ2n) is 5.62. The molecule has 0 spiro atoms. The number of alkyl halides is 3. The van der Waals surface area contributed by atoms with E-state index >= 15 is 0 Å². The Morgan fingerprint density at radius 2 is 1.62 bits per heavy atom. The van der Waals surface area contributed by atoms with E-state index in [2.05, 4.69) is 10.2 Å². The van der Waals surface area contributed by atoms with Crippen molar-refractivity contribution in [2.45, 2.75) is 19.0 Å². The summed E-state index contributed by atoms with van der Waals surface area (Å²) < 4.78 is 63.3. The Hall–Kier alpha value is -0.380. The molecule has 21 heavy (non-hydrogen) atoms. The third-order valence-corrected chi connectivity index (χ3v) is 6.04. The Morgan fingerprint density at radius 3 is 2.14 bits per heavy atom. The summed E-state index contributed by atoms with van der Waals surface area (Å²) >= 11 is 0. The fourth-order valence-corrected chi connectivity index (χ4v) is 4.28. The van der Waals surface area contributed by atoms with Gasteiger partial charge >= 0.3 is 6.18 Å². The van der Waals surface area contributed by atoms with Crippen LogP contribution in [0.2, 0.25) is 0 Å². The second-order valence-corrected chi connectivity index (χ2v) is 7.71. The van der Waals surface area contributed by atoms with Crippen LogP contribution in [0.15, 0.2) is 0 Å². The number of sulfonamides is 1. The Morgan fingerprint density at radius 1 is 1.05 bits per heavy atom. The summed E-state index contributed by atoms with van der Waals surface area (Å²) in [5.41, 5.74) is 0. The first-order valence-corrected chi connectivity index (χ1v) is 8.87. The van der Waals surface area contributed by atoms with E-state index in [4.69, 9.17) is 0 Å². The van der Waals surface area contributed by atoms with Gasteiger partial charge in [0.1, 0.15) is 0 Å². The van der Waals surface area contributed by atoms with Crippen molar-refractivity contribution >= 4 is 10.0 Å². The molecule has 0 amide bonds. The van der Waals surface area contributed by atoms with Gasteiger partial charge in [0.2, 0.25) is 10.0 Å². The average molecular weight is 329 g/mol. The van der Waals surface area contributed by atoms with Gasteiger partial charge in [-0.05, 0) is 12.8 Å². The SMILES string of the molecule is O=S(=O)(CCN1CCNCC1)N1CCC(C(F)(F)F)CC1. The van der Waals surface area contributed by atoms with E-state index in [1.54, 1.807) is 0 Å². The summed E-state index contributed by atoms with van der Waals surface area (Å²) in [4.78, 5) is 2.07. The molecule has 2 aliphatic rings. The lowest BCUT2D eigenvalue weighted by atomic mass is 9.98. The van der Waals surface area contributed by atoms with E-state index in [1.165, 1.54) is 4.31 Å². The molecule has 1 N–H and O–H groups in total. The van der Waals surface area contributed by atoms with Gasteiger partial charge in [-0.25, -0.2) is 12.7 Å². The summed E-state index contributed by atoms with van der Waals surface area (Å²) in [6, 6.07) is 0. The first-order valence-electron chi connectivity index (χ1n) is 7.26. The highest BCUT2D eigenvalue weighted by Crippen LogP contribution is 2.34. The maximum atomic E-state index is 12.6. The van der Waals surface area contributed by atoms with Crippen molar-refractivity contribution in [2.24, 2.45) is 5.92 Å². The first kappa shape index (κ1) is 17.0. The smallest absolute Gasteiger partial charge is 0.314 e. The van der Waals surface area contributed by atoms with Gasteiger partial charge in [-0.15, -0.1) is 0 Å². The Balaban J connectivity index is 1.80. The molecule has 0 unspecified atom stereocenters. The van der Waals surface area contributed by atoms with Crippen molar-refractivity contribution in [3.63, 3.8) is 0 Å². The molecule has 2 aliphatic heterocycles. The highest BCUT2D eigenvalue weighted by molar-refractivity contribution is 7.89. The van der Waals surface area contributed by atoms with Crippen molar-refractivity contribution < 1.29 is 21.6 Å². The number of piperazine rings is 1. The van der Waals surface area contributed by atoms with E-state index in [9.17, 15) is 21.6 Å². The normalized spacial score (nSPS) is 24.3. The van der Waals surface area contributed by atoms with Gasteiger partial charge in [0.25, 0.3) is 0 Å². The molecular formula is C12H22F3N3O2S. The molecule has 0 aliphatic carbocycles. The lowest BCUT2D eigenvalue weighted by Gasteiger charge is -2.33. The number of hydrogen-bond acceptors (Lipinski definition) is 4. The predicted molar refractivity (Wildman–Crippen MR) is 73.4 cm³/mol. The number of nitrogens with zero attached hydrogens (tertiary/aromatic N) is 2. The maximum absolute atomic E-state index is 12.6. The predicted octanol–water partition coefficient (Wildman–Crippen LogP) is 0.496. The molecule has 0 atom stereocenters. The lowest BCUT2D eigenvalue weighted by Crippen LogP contribution is -2.47. The van der Waals surface area contributed by atoms with Crippen LogP contribution in [0.25, 0.3) is 0 Å². The molecular weight excluding hydrogens is 307 g/mol. The summed E-state index contributed by atoms with van der Waals surface area (Å²) in [6.07, 6.45) is -4.47. The quantitative estimate of drug-likeness (QED) is 0.816. The van der Waals surface area contributed by atoms with Gasteiger partial charge in [-0.3, -0.25) is 4.90 Å². The van der Waals surface area contributed by atoms with Crippen molar-refractivity contribution in [1.82, 2.24) is 14.5 Å². The first-order chi connectivity index (χ1) is 9.79. The molecule has 2 saturated heterocycles. The van der Waals surface area contributed by atoms with Crippen molar-refractivity contribution in [1.29, 1.82) is 0 Å². The number of piperidine rings is 1. The van der Waals surface area contributed by atoms with Crippen LogP contribution in [-0.2, 0) is 10.0 Å². The van der Waals surface area contributed by atoms with Gasteiger partial charge in [0.05, 0.1) is 11.7 Å². The van der Waals surface area contributed by atoms with Crippen LogP contribution in [0.1, 0.15) is 12.8 Å². The van der Waals surface area contributed by atoms with E-state index < -0.39 is 22.1 Å². The number of nitrogens with one attached hydrogen (secondary N) is 1. The van der Waals surface area contributed by atoms with Crippen LogP contribution in [0.4, 0.5) is 13.2 Å². The minimum atomic E-state index is -4.21. The monoisotopic (exact) mass is 329 g/mol. The standard InChI is InChI=1S/C12H22F3N3O2S/c13-12(14,15)11-1-5-18(6-2-11)21(19,20)10-9-17-7-3-16-4-8-17/h11,16H,1-10H2. The third kappa shape index (κ3) is 4.80. The fourth-order valence-electron chi connectivity index (χ4n) is 2.77. The maximum Gasteiger partial charge on any atom is 0.391 e. The molecule has 5 nitrogen and oxygen atoms in total. The van der Waals surface area contributed by atoms with Gasteiger partial charge in [-0.1, -0.05) is 0 Å². The number of rotatable bonds is 4. The number of hydrogen-bond donors (Lipinski definition) is 1. The fraction of sp³-hybridized carbons (Fsp3) is 1.00. The molecule has 0 bridgehead atoms. The van der Waals surface area contributed by atoms with Crippen LogP contribution in [-0.4, -0.2) is 75.4 Å². The van der Waals surface area contributed by atoms with Gasteiger partial charge in [-0.2, -0.15) is 13.2 Å². The van der Waals surface area contributed by atoms with Crippen molar-refractivity contribution in [3.8, 4) is 0 Å². The summed E-state index contributed by atoms with van der Waals surface area (Å²) in [6.45, 7) is 3.72. The van der Waals surface area contributed by atoms with E-state index in [0.29, 0.717) is 6.54 Å². The Labute approximate surface area is 123 Å². The molecule has 0 aromatic rings. The highest BCUT2D eigenvalue weighted by Gasteiger charge is 2.42. The highest BCUT2D eigenvalue weighted by atomic mass is 32.2. The molecule has 2 rings (SSSR count). The van der Waals surface area contributed by atoms with Crippen molar-refractivity contribution in [3.05, 3.63) is 0 Å². The van der Waals surface area contributed by atoms with Crippen molar-refractivity contribution in [2.75, 3.05) is 51.6 Å². The summed E-state index contributed by atoms with van der Waals surface area (Å²) in [5, 5.41) is 3.19. The van der Waals surface area contributed by atoms with E-state index in [-0.39, 0.29) is 31.7 Å². The van der Waals surface area contributed by atoms with Crippen LogP contribution >= 0.6 is 0 Å². The number of halogens is 3. The molecule has 124 valence electrons. The molecule has 0 aromatic carbocycles. The van der Waals surface area contributed by atoms with E-state index in [0.717, 1.165) is 26.2 Å². The van der Waals surface area contributed by atoms with E-state index in [1.807, 2.05) is 0 Å². The van der Waals surface area contributed by atoms with Gasteiger partial charge in [0, 0.05) is 45.8 Å². The molecule has 0 saturated carbocycles. The topological polar surface area (TPSA) is 52.7 Å². The zero-order valence-corrected chi connectivity index (χ0v) is 12.7. The van der Waals surface area contributed by atoms with Gasteiger partial charge in [0.15, 0.2) is 0 Å². The minimum Gasteiger partial charge on any atom is -0.314 e. The third-order valence-electron chi connectivity index (χ3n) is 4.19. The lowest BCUT2D eigenvalue weighted by molar-refractivity contribution is -0.182. The van der Waals surface area contributed by atoms with Crippen LogP contribution in [0.3, 0.4) is 0 Å². The van der Waals surface area contributed by atoms with Crippen LogP contribution < -0.4 is 5.32 Å². The van der Waals surface area contributed by atoms with Crippen LogP contribution in [0.5, 0.6) is 0 Å². The summed E-state index contributed by atoms with van der Waals surface area (Å²) in [5.74, 6) is -1.37. The zero-order valence-electron chi connectivity index (χ0n) is 11.9. The molecule has 0 radical (unpaired) electrons. The largest absolute Gasteiger partial charge is 0.391 e. The minimum absolute atomic E-state index is 0.0102. The van der Waals surface area contributed by atoms with Gasteiger partial charge < -0.3 is 5.32 Å². The molecule has 2 heterocycles. The summed E-state index contributed by atoms with van der Waals surface area (Å²) in [7, 11) is -3.45. The Bertz CT molecular complexity index is 428. The molecule has 0 aromatic heterocycles. The zero-order chi connectivity index (χ0) is 15.5. The molecule has 2 fully saturated rings. The average Bonchev–Trinajstić information content (AvgIpc) is 2.46. The van der Waals surface area contributed by atoms with Crippen LogP contribution in [0, 0.1) is 5.92 Å². The molecule has 9 heteroatoms. The Kier molecular flexibility index (Phi) is 5.50.